The second kappa shape index (κ2) is 5.53. The van der Waals surface area contributed by atoms with E-state index in [1.54, 1.807) is 18.6 Å². The Hall–Kier alpha value is -2.35. The molecule has 1 heterocycles. The van der Waals surface area contributed by atoms with Crippen LogP contribution >= 0.6 is 0 Å². The third kappa shape index (κ3) is 2.74. The molecule has 0 bridgehead atoms. The summed E-state index contributed by atoms with van der Waals surface area (Å²) >= 11 is 0. The highest BCUT2D eigenvalue weighted by atomic mass is 19.1. The summed E-state index contributed by atoms with van der Waals surface area (Å²) in [6.07, 6.45) is 3.42. The molecule has 4 nitrogen and oxygen atoms in total. The van der Waals surface area contributed by atoms with Crippen LogP contribution in [0, 0.1) is 17.1 Å². The van der Waals surface area contributed by atoms with Gasteiger partial charge in [0.25, 0.3) is 0 Å². The van der Waals surface area contributed by atoms with E-state index < -0.39 is 5.82 Å². The largest absolute Gasteiger partial charge is 0.486 e. The van der Waals surface area contributed by atoms with Gasteiger partial charge in [-0.1, -0.05) is 6.07 Å². The number of ether oxygens (including phenoxy) is 1. The molecule has 98 valence electrons. The number of hydrogen-bond acceptors (Lipinski definition) is 3. The highest BCUT2D eigenvalue weighted by Crippen LogP contribution is 2.21. The van der Waals surface area contributed by atoms with E-state index in [1.165, 1.54) is 12.1 Å². The van der Waals surface area contributed by atoms with Crippen LogP contribution in [0.3, 0.4) is 0 Å². The first kappa shape index (κ1) is 13.1. The zero-order chi connectivity index (χ0) is 13.8. The van der Waals surface area contributed by atoms with Crippen molar-refractivity contribution in [3.63, 3.8) is 0 Å². The number of hydrogen-bond donors (Lipinski definition) is 0. The van der Waals surface area contributed by atoms with Gasteiger partial charge in [0.2, 0.25) is 0 Å². The number of aromatic nitrogens is 2. The molecule has 0 fully saturated rings. The molecule has 1 aromatic heterocycles. The molecule has 2 rings (SSSR count). The van der Waals surface area contributed by atoms with Crippen LogP contribution in [-0.4, -0.2) is 9.55 Å². The van der Waals surface area contributed by atoms with Gasteiger partial charge in [-0.3, -0.25) is 0 Å². The topological polar surface area (TPSA) is 50.8 Å². The summed E-state index contributed by atoms with van der Waals surface area (Å²) in [5, 5.41) is 8.91. The van der Waals surface area contributed by atoms with Crippen molar-refractivity contribution in [3.05, 3.63) is 47.8 Å². The molecule has 0 radical (unpaired) electrons. The highest BCUT2D eigenvalue weighted by Gasteiger charge is 2.11. The van der Waals surface area contributed by atoms with Gasteiger partial charge in [0.05, 0.1) is 18.2 Å². The van der Waals surface area contributed by atoms with Crippen molar-refractivity contribution in [1.29, 1.82) is 5.26 Å². The number of rotatable bonds is 4. The molecule has 0 aliphatic rings. The van der Waals surface area contributed by atoms with Crippen molar-refractivity contribution < 1.29 is 9.13 Å². The summed E-state index contributed by atoms with van der Waals surface area (Å²) in [4.78, 5) is 4.06. The Bertz CT molecular complexity index is 613. The summed E-state index contributed by atoms with van der Waals surface area (Å²) in [6.45, 7) is 4.32. The average Bonchev–Trinajstić information content (AvgIpc) is 2.84. The maximum Gasteiger partial charge on any atom is 0.144 e. The Balaban J connectivity index is 2.18. The van der Waals surface area contributed by atoms with E-state index in [-0.39, 0.29) is 24.0 Å². The number of nitrogens with zero attached hydrogens (tertiary/aromatic N) is 3. The molecule has 1 aromatic carbocycles. The zero-order valence-corrected chi connectivity index (χ0v) is 10.8. The Labute approximate surface area is 111 Å². The van der Waals surface area contributed by atoms with Crippen molar-refractivity contribution in [1.82, 2.24) is 9.55 Å². The number of nitriles is 1. The fraction of sp³-hybridized carbons (Fsp3) is 0.286. The van der Waals surface area contributed by atoms with E-state index in [1.807, 2.05) is 24.5 Å². The molecule has 0 saturated carbocycles. The first-order chi connectivity index (χ1) is 9.13. The van der Waals surface area contributed by atoms with Crippen LogP contribution in [0.4, 0.5) is 4.39 Å². The minimum atomic E-state index is -0.572. The molecule has 0 amide bonds. The zero-order valence-electron chi connectivity index (χ0n) is 10.8. The SMILES string of the molecule is CC(C)n1cncc1COc1cccc(F)c1C#N. The lowest BCUT2D eigenvalue weighted by Crippen LogP contribution is -2.07. The normalized spacial score (nSPS) is 10.5. The molecule has 0 atom stereocenters. The standard InChI is InChI=1S/C14H14FN3O/c1-10(2)18-9-17-7-11(18)8-19-14-5-3-4-13(15)12(14)6-16/h3-5,7,9-10H,8H2,1-2H3. The molecule has 0 saturated heterocycles. The highest BCUT2D eigenvalue weighted by molar-refractivity contribution is 5.43. The van der Waals surface area contributed by atoms with Crippen molar-refractivity contribution in [3.8, 4) is 11.8 Å². The summed E-state index contributed by atoms with van der Waals surface area (Å²) < 4.78 is 20.9. The molecule has 0 aliphatic heterocycles. The quantitative estimate of drug-likeness (QED) is 0.847. The molecule has 2 aromatic rings. The number of imidazole rings is 1. The molecule has 5 heteroatoms. The Morgan fingerprint density at radius 3 is 2.95 bits per heavy atom. The van der Waals surface area contributed by atoms with Crippen LogP contribution in [0.5, 0.6) is 5.75 Å². The lowest BCUT2D eigenvalue weighted by atomic mass is 10.2. The van der Waals surface area contributed by atoms with Crippen LogP contribution < -0.4 is 4.74 Å². The molecule has 0 spiro atoms. The predicted octanol–water partition coefficient (Wildman–Crippen LogP) is 3.05. The van der Waals surface area contributed by atoms with Gasteiger partial charge in [-0.2, -0.15) is 5.26 Å². The predicted molar refractivity (Wildman–Crippen MR) is 68.1 cm³/mol. The fourth-order valence-electron chi connectivity index (χ4n) is 1.79. The van der Waals surface area contributed by atoms with Gasteiger partial charge in [-0.15, -0.1) is 0 Å². The van der Waals surface area contributed by atoms with Gasteiger partial charge in [0.1, 0.15) is 29.8 Å². The van der Waals surface area contributed by atoms with Crippen molar-refractivity contribution in [2.75, 3.05) is 0 Å². The molecule has 0 aliphatic carbocycles. The van der Waals surface area contributed by atoms with E-state index in [0.717, 1.165) is 5.69 Å². The smallest absolute Gasteiger partial charge is 0.144 e. The Morgan fingerprint density at radius 1 is 1.47 bits per heavy atom. The van der Waals surface area contributed by atoms with Gasteiger partial charge in [-0.05, 0) is 26.0 Å². The van der Waals surface area contributed by atoms with Crippen molar-refractivity contribution in [2.45, 2.75) is 26.5 Å². The van der Waals surface area contributed by atoms with Crippen molar-refractivity contribution in [2.24, 2.45) is 0 Å². The maximum atomic E-state index is 13.4. The van der Waals surface area contributed by atoms with E-state index in [4.69, 9.17) is 10.00 Å². The van der Waals surface area contributed by atoms with Gasteiger partial charge in [0.15, 0.2) is 0 Å². The third-order valence-corrected chi connectivity index (χ3v) is 2.77. The van der Waals surface area contributed by atoms with Crippen LogP contribution in [0.2, 0.25) is 0 Å². The molecule has 0 N–H and O–H groups in total. The van der Waals surface area contributed by atoms with Crippen LogP contribution in [0.1, 0.15) is 31.1 Å². The van der Waals surface area contributed by atoms with E-state index in [9.17, 15) is 4.39 Å². The second-order valence-corrected chi connectivity index (χ2v) is 4.40. The maximum absolute atomic E-state index is 13.4. The summed E-state index contributed by atoms with van der Waals surface area (Å²) in [5.41, 5.74) is 0.807. The van der Waals surface area contributed by atoms with Crippen LogP contribution in [-0.2, 0) is 6.61 Å². The average molecular weight is 259 g/mol. The second-order valence-electron chi connectivity index (χ2n) is 4.40. The summed E-state index contributed by atoms with van der Waals surface area (Å²) in [7, 11) is 0. The third-order valence-electron chi connectivity index (χ3n) is 2.77. The minimum absolute atomic E-state index is 0.0712. The lowest BCUT2D eigenvalue weighted by molar-refractivity contribution is 0.289. The molecule has 19 heavy (non-hydrogen) atoms. The first-order valence-corrected chi connectivity index (χ1v) is 5.95. The van der Waals surface area contributed by atoms with Gasteiger partial charge in [-0.25, -0.2) is 9.37 Å². The molecular formula is C14H14FN3O. The number of halogens is 1. The monoisotopic (exact) mass is 259 g/mol. The Morgan fingerprint density at radius 2 is 2.26 bits per heavy atom. The van der Waals surface area contributed by atoms with Gasteiger partial charge < -0.3 is 9.30 Å². The van der Waals surface area contributed by atoms with Gasteiger partial charge >= 0.3 is 0 Å². The Kier molecular flexibility index (Phi) is 3.81. The van der Waals surface area contributed by atoms with E-state index >= 15 is 0 Å². The minimum Gasteiger partial charge on any atom is -0.486 e. The van der Waals surface area contributed by atoms with Crippen molar-refractivity contribution >= 4 is 0 Å². The van der Waals surface area contributed by atoms with E-state index in [2.05, 4.69) is 4.98 Å². The van der Waals surface area contributed by atoms with Gasteiger partial charge in [0, 0.05) is 6.04 Å². The lowest BCUT2D eigenvalue weighted by Gasteiger charge is -2.13. The first-order valence-electron chi connectivity index (χ1n) is 5.95. The van der Waals surface area contributed by atoms with E-state index in [0.29, 0.717) is 0 Å². The number of benzene rings is 1. The fourth-order valence-corrected chi connectivity index (χ4v) is 1.79. The van der Waals surface area contributed by atoms with Crippen LogP contribution in [0.15, 0.2) is 30.7 Å². The summed E-state index contributed by atoms with van der Waals surface area (Å²) in [5.74, 6) is -0.323. The molecule has 0 unspecified atom stereocenters. The molecular weight excluding hydrogens is 245 g/mol. The van der Waals surface area contributed by atoms with Crippen LogP contribution in [0.25, 0.3) is 0 Å². The summed E-state index contributed by atoms with van der Waals surface area (Å²) in [6, 6.07) is 6.42.